The van der Waals surface area contributed by atoms with Gasteiger partial charge in [0.2, 0.25) is 5.91 Å². The van der Waals surface area contributed by atoms with E-state index in [1.54, 1.807) is 12.1 Å². The molecule has 122 valence electrons. The molecule has 0 radical (unpaired) electrons. The molecule has 0 saturated carbocycles. The van der Waals surface area contributed by atoms with Gasteiger partial charge in [-0.15, -0.1) is 0 Å². The van der Waals surface area contributed by atoms with Crippen molar-refractivity contribution >= 4 is 15.7 Å². The van der Waals surface area contributed by atoms with Crippen LogP contribution in [-0.4, -0.2) is 45.0 Å². The van der Waals surface area contributed by atoms with E-state index in [1.165, 1.54) is 12.1 Å². The summed E-state index contributed by atoms with van der Waals surface area (Å²) in [6.07, 6.45) is 2.23. The number of sulfone groups is 1. The number of benzene rings is 1. The van der Waals surface area contributed by atoms with Gasteiger partial charge < -0.3 is 10.6 Å². The van der Waals surface area contributed by atoms with Crippen LogP contribution < -0.4 is 10.6 Å². The summed E-state index contributed by atoms with van der Waals surface area (Å²) in [6.45, 7) is 1.35. The first-order chi connectivity index (χ1) is 10.3. The molecule has 1 aromatic rings. The number of carbonyl (C=O) groups excluding carboxylic acids is 1. The Kier molecular flexibility index (Phi) is 5.18. The van der Waals surface area contributed by atoms with Gasteiger partial charge in [-0.2, -0.15) is 0 Å². The van der Waals surface area contributed by atoms with Crippen LogP contribution in [0.4, 0.5) is 4.39 Å². The van der Waals surface area contributed by atoms with Crippen LogP contribution in [0.3, 0.4) is 0 Å². The summed E-state index contributed by atoms with van der Waals surface area (Å²) < 4.78 is 35.7. The van der Waals surface area contributed by atoms with Crippen LogP contribution in [0.25, 0.3) is 0 Å². The fourth-order valence-corrected chi connectivity index (χ4v) is 4.08. The first kappa shape index (κ1) is 16.9. The van der Waals surface area contributed by atoms with Gasteiger partial charge >= 0.3 is 0 Å². The highest BCUT2D eigenvalue weighted by atomic mass is 32.2. The maximum Gasteiger partial charge on any atom is 0.241 e. The molecular formula is C15H21FN2O3S. The van der Waals surface area contributed by atoms with Crippen LogP contribution in [0.2, 0.25) is 0 Å². The lowest BCUT2D eigenvalue weighted by Gasteiger charge is -2.34. The second kappa shape index (κ2) is 6.75. The second-order valence-electron chi connectivity index (χ2n) is 5.65. The molecule has 0 aromatic heterocycles. The molecule has 1 saturated heterocycles. The molecule has 0 spiro atoms. The van der Waals surface area contributed by atoms with Crippen molar-refractivity contribution in [3.05, 3.63) is 35.6 Å². The molecule has 0 atom stereocenters. The van der Waals surface area contributed by atoms with Gasteiger partial charge in [0.1, 0.15) is 5.82 Å². The van der Waals surface area contributed by atoms with E-state index in [0.29, 0.717) is 26.1 Å². The highest BCUT2D eigenvalue weighted by Crippen LogP contribution is 2.27. The SMILES string of the molecule is CS(=O)(=O)C1(C(=O)NCCc2ccc(F)cc2)CCNCC1. The lowest BCUT2D eigenvalue weighted by molar-refractivity contribution is -0.124. The largest absolute Gasteiger partial charge is 0.354 e. The van der Waals surface area contributed by atoms with Crippen molar-refractivity contribution in [2.24, 2.45) is 0 Å². The van der Waals surface area contributed by atoms with Gasteiger partial charge in [-0.3, -0.25) is 4.79 Å². The van der Waals surface area contributed by atoms with Gasteiger partial charge in [0.15, 0.2) is 14.6 Å². The van der Waals surface area contributed by atoms with E-state index < -0.39 is 20.5 Å². The molecule has 1 heterocycles. The van der Waals surface area contributed by atoms with E-state index in [-0.39, 0.29) is 18.7 Å². The van der Waals surface area contributed by atoms with E-state index in [4.69, 9.17) is 0 Å². The molecule has 0 unspecified atom stereocenters. The Balaban J connectivity index is 1.98. The fourth-order valence-electron chi connectivity index (χ4n) is 2.73. The van der Waals surface area contributed by atoms with Gasteiger partial charge in [-0.25, -0.2) is 12.8 Å². The highest BCUT2D eigenvalue weighted by molar-refractivity contribution is 7.92. The van der Waals surface area contributed by atoms with E-state index in [9.17, 15) is 17.6 Å². The molecule has 1 amide bonds. The summed E-state index contributed by atoms with van der Waals surface area (Å²) in [4.78, 5) is 12.4. The number of amides is 1. The summed E-state index contributed by atoms with van der Waals surface area (Å²) in [7, 11) is -3.49. The summed E-state index contributed by atoms with van der Waals surface area (Å²) in [5, 5.41) is 5.80. The average Bonchev–Trinajstić information content (AvgIpc) is 2.49. The van der Waals surface area contributed by atoms with Crippen molar-refractivity contribution in [3.8, 4) is 0 Å². The molecule has 2 N–H and O–H groups in total. The summed E-state index contributed by atoms with van der Waals surface area (Å²) >= 11 is 0. The Bertz CT molecular complexity index is 623. The molecule has 22 heavy (non-hydrogen) atoms. The average molecular weight is 328 g/mol. The third-order valence-corrected chi connectivity index (χ3v) is 6.16. The Morgan fingerprint density at radius 1 is 1.27 bits per heavy atom. The first-order valence-corrected chi connectivity index (χ1v) is 9.17. The maximum atomic E-state index is 12.8. The number of carbonyl (C=O) groups is 1. The molecule has 1 aromatic carbocycles. The van der Waals surface area contributed by atoms with Crippen molar-refractivity contribution in [2.75, 3.05) is 25.9 Å². The predicted octanol–water partition coefficient (Wildman–Crippen LogP) is 0.651. The molecule has 1 fully saturated rings. The number of piperidine rings is 1. The molecule has 1 aliphatic heterocycles. The number of rotatable bonds is 5. The van der Waals surface area contributed by atoms with Crippen molar-refractivity contribution < 1.29 is 17.6 Å². The zero-order valence-electron chi connectivity index (χ0n) is 12.6. The monoisotopic (exact) mass is 328 g/mol. The number of hydrogen-bond donors (Lipinski definition) is 2. The molecule has 0 bridgehead atoms. The van der Waals surface area contributed by atoms with Gasteiger partial charge in [0.25, 0.3) is 0 Å². The summed E-state index contributed by atoms with van der Waals surface area (Å²) in [5.41, 5.74) is 0.889. The predicted molar refractivity (Wildman–Crippen MR) is 82.8 cm³/mol. The minimum atomic E-state index is -3.49. The van der Waals surface area contributed by atoms with Crippen LogP contribution in [0, 0.1) is 5.82 Å². The summed E-state index contributed by atoms with van der Waals surface area (Å²) in [6, 6.07) is 6.03. The zero-order chi connectivity index (χ0) is 16.2. The van der Waals surface area contributed by atoms with E-state index >= 15 is 0 Å². The lowest BCUT2D eigenvalue weighted by Crippen LogP contribution is -2.57. The van der Waals surface area contributed by atoms with Crippen LogP contribution in [0.5, 0.6) is 0 Å². The Morgan fingerprint density at radius 3 is 2.41 bits per heavy atom. The summed E-state index contributed by atoms with van der Waals surface area (Å²) in [5.74, 6) is -0.739. The molecule has 2 rings (SSSR count). The number of halogens is 1. The number of hydrogen-bond acceptors (Lipinski definition) is 4. The topological polar surface area (TPSA) is 75.3 Å². The lowest BCUT2D eigenvalue weighted by atomic mass is 9.95. The second-order valence-corrected chi connectivity index (χ2v) is 7.97. The normalized spacial score (nSPS) is 17.9. The van der Waals surface area contributed by atoms with Crippen LogP contribution in [0.1, 0.15) is 18.4 Å². The van der Waals surface area contributed by atoms with Crippen molar-refractivity contribution in [3.63, 3.8) is 0 Å². The molecular weight excluding hydrogens is 307 g/mol. The van der Waals surface area contributed by atoms with E-state index in [1.807, 2.05) is 0 Å². The fraction of sp³-hybridized carbons (Fsp3) is 0.533. The molecule has 1 aliphatic rings. The van der Waals surface area contributed by atoms with Crippen molar-refractivity contribution in [1.29, 1.82) is 0 Å². The Hall–Kier alpha value is -1.47. The van der Waals surface area contributed by atoms with Gasteiger partial charge in [-0.05, 0) is 50.0 Å². The minimum Gasteiger partial charge on any atom is -0.354 e. The van der Waals surface area contributed by atoms with Gasteiger partial charge in [0, 0.05) is 12.8 Å². The first-order valence-electron chi connectivity index (χ1n) is 7.28. The molecule has 7 heteroatoms. The van der Waals surface area contributed by atoms with E-state index in [0.717, 1.165) is 11.8 Å². The minimum absolute atomic E-state index is 0.286. The third kappa shape index (κ3) is 3.64. The van der Waals surface area contributed by atoms with E-state index in [2.05, 4.69) is 10.6 Å². The number of nitrogens with one attached hydrogen (secondary N) is 2. The smallest absolute Gasteiger partial charge is 0.241 e. The molecule has 0 aliphatic carbocycles. The Morgan fingerprint density at radius 2 is 1.86 bits per heavy atom. The maximum absolute atomic E-state index is 12.8. The highest BCUT2D eigenvalue weighted by Gasteiger charge is 2.48. The van der Waals surface area contributed by atoms with Crippen LogP contribution in [-0.2, 0) is 21.1 Å². The van der Waals surface area contributed by atoms with Crippen LogP contribution in [0.15, 0.2) is 24.3 Å². The van der Waals surface area contributed by atoms with Crippen molar-refractivity contribution in [2.45, 2.75) is 24.0 Å². The van der Waals surface area contributed by atoms with Crippen molar-refractivity contribution in [1.82, 2.24) is 10.6 Å². The third-order valence-electron chi connectivity index (χ3n) is 4.15. The van der Waals surface area contributed by atoms with Gasteiger partial charge in [0.05, 0.1) is 0 Å². The van der Waals surface area contributed by atoms with Crippen LogP contribution >= 0.6 is 0 Å². The molecule has 5 nitrogen and oxygen atoms in total. The standard InChI is InChI=1S/C15H21FN2O3S/c1-22(20,21)15(7-10-17-11-8-15)14(19)18-9-6-12-2-4-13(16)5-3-12/h2-5,17H,6-11H2,1H3,(H,18,19). The Labute approximate surface area is 130 Å². The quantitative estimate of drug-likeness (QED) is 0.832. The van der Waals surface area contributed by atoms with Gasteiger partial charge in [-0.1, -0.05) is 12.1 Å². The zero-order valence-corrected chi connectivity index (χ0v) is 13.4.